The first kappa shape index (κ1) is 20.7. The Bertz CT molecular complexity index is 1030. The van der Waals surface area contributed by atoms with Crippen molar-refractivity contribution in [3.8, 4) is 5.75 Å². The summed E-state index contributed by atoms with van der Waals surface area (Å²) in [5.41, 5.74) is 3.81. The van der Waals surface area contributed by atoms with E-state index in [2.05, 4.69) is 5.32 Å². The lowest BCUT2D eigenvalue weighted by atomic mass is 9.98. The van der Waals surface area contributed by atoms with E-state index in [0.29, 0.717) is 6.42 Å². The van der Waals surface area contributed by atoms with E-state index in [-0.39, 0.29) is 24.3 Å². The maximum Gasteiger partial charge on any atom is 0.227 e. The number of hydrogen-bond acceptors (Lipinski definition) is 3. The van der Waals surface area contributed by atoms with Crippen molar-refractivity contribution in [1.29, 1.82) is 0 Å². The van der Waals surface area contributed by atoms with E-state index in [1.54, 1.807) is 12.0 Å². The van der Waals surface area contributed by atoms with Crippen LogP contribution in [-0.2, 0) is 16.0 Å². The van der Waals surface area contributed by atoms with Crippen molar-refractivity contribution >= 4 is 17.5 Å². The third-order valence-corrected chi connectivity index (χ3v) is 5.57. The molecule has 0 saturated carbocycles. The van der Waals surface area contributed by atoms with Crippen LogP contribution in [0.2, 0.25) is 0 Å². The summed E-state index contributed by atoms with van der Waals surface area (Å²) >= 11 is 0. The number of hydrogen-bond donors (Lipinski definition) is 1. The summed E-state index contributed by atoms with van der Waals surface area (Å²) in [5, 5.41) is 3.17. The second-order valence-corrected chi connectivity index (χ2v) is 7.68. The number of carbonyl (C=O) groups is 2. The zero-order valence-corrected chi connectivity index (χ0v) is 17.6. The van der Waals surface area contributed by atoms with Crippen molar-refractivity contribution in [2.75, 3.05) is 18.6 Å². The summed E-state index contributed by atoms with van der Waals surface area (Å²) in [6, 6.07) is 25.1. The molecule has 0 aliphatic carbocycles. The summed E-state index contributed by atoms with van der Waals surface area (Å²) in [5.74, 6) is 0.879. The van der Waals surface area contributed by atoms with E-state index in [9.17, 15) is 9.59 Å². The van der Waals surface area contributed by atoms with Crippen LogP contribution in [-0.4, -0.2) is 25.5 Å². The highest BCUT2D eigenvalue weighted by Crippen LogP contribution is 2.25. The van der Waals surface area contributed by atoms with Gasteiger partial charge in [-0.2, -0.15) is 0 Å². The fourth-order valence-electron chi connectivity index (χ4n) is 3.91. The standard InChI is InChI=1S/C26H26N2O3/c1-31-23-15-11-21(12-16-23)26(20-6-3-2-4-7-20)27-24(29)18-19-9-13-22(14-10-19)28-17-5-8-25(28)30/h2-4,6-7,9-16,26H,5,8,17-18H2,1H3,(H,27,29). The molecule has 5 nitrogen and oxygen atoms in total. The molecule has 0 spiro atoms. The van der Waals surface area contributed by atoms with Crippen LogP contribution in [0.25, 0.3) is 0 Å². The molecule has 1 heterocycles. The van der Waals surface area contributed by atoms with Gasteiger partial charge in [0.25, 0.3) is 0 Å². The third-order valence-electron chi connectivity index (χ3n) is 5.57. The second-order valence-electron chi connectivity index (χ2n) is 7.68. The molecule has 3 aromatic rings. The molecule has 5 heteroatoms. The normalized spacial score (nSPS) is 14.4. The first-order chi connectivity index (χ1) is 15.1. The summed E-state index contributed by atoms with van der Waals surface area (Å²) in [7, 11) is 1.64. The summed E-state index contributed by atoms with van der Waals surface area (Å²) in [6.45, 7) is 0.763. The van der Waals surface area contributed by atoms with E-state index in [0.717, 1.165) is 41.1 Å². The van der Waals surface area contributed by atoms with E-state index in [1.807, 2.05) is 78.9 Å². The summed E-state index contributed by atoms with van der Waals surface area (Å²) in [6.07, 6.45) is 1.78. The number of methoxy groups -OCH3 is 1. The lowest BCUT2D eigenvalue weighted by Crippen LogP contribution is -2.30. The van der Waals surface area contributed by atoms with Gasteiger partial charge in [0.15, 0.2) is 0 Å². The van der Waals surface area contributed by atoms with Gasteiger partial charge in [-0.05, 0) is 47.4 Å². The average molecular weight is 415 g/mol. The lowest BCUT2D eigenvalue weighted by Gasteiger charge is -2.20. The molecule has 1 atom stereocenters. The zero-order chi connectivity index (χ0) is 21.6. The molecule has 2 amide bonds. The fraction of sp³-hybridized carbons (Fsp3) is 0.231. The minimum atomic E-state index is -0.249. The number of amides is 2. The molecule has 0 radical (unpaired) electrons. The molecule has 0 aromatic heterocycles. The molecular formula is C26H26N2O3. The van der Waals surface area contributed by atoms with Crippen LogP contribution in [0.15, 0.2) is 78.9 Å². The molecule has 0 bridgehead atoms. The van der Waals surface area contributed by atoms with Gasteiger partial charge in [0.1, 0.15) is 5.75 Å². The maximum atomic E-state index is 12.9. The lowest BCUT2D eigenvalue weighted by molar-refractivity contribution is -0.121. The molecule has 3 aromatic carbocycles. The molecule has 1 fully saturated rings. The molecule has 1 aliphatic rings. The van der Waals surface area contributed by atoms with Crippen LogP contribution in [0.4, 0.5) is 5.69 Å². The average Bonchev–Trinajstić information content (AvgIpc) is 3.24. The van der Waals surface area contributed by atoms with Crippen LogP contribution in [0, 0.1) is 0 Å². The first-order valence-electron chi connectivity index (χ1n) is 10.5. The van der Waals surface area contributed by atoms with Crippen molar-refractivity contribution in [3.05, 3.63) is 95.6 Å². The first-order valence-corrected chi connectivity index (χ1v) is 10.5. The SMILES string of the molecule is COc1ccc(C(NC(=O)Cc2ccc(N3CCCC3=O)cc2)c2ccccc2)cc1. The molecule has 4 rings (SSSR count). The molecule has 1 N–H and O–H groups in total. The highest BCUT2D eigenvalue weighted by atomic mass is 16.5. The van der Waals surface area contributed by atoms with Crippen LogP contribution in [0.5, 0.6) is 5.75 Å². The van der Waals surface area contributed by atoms with Gasteiger partial charge in [-0.1, -0.05) is 54.6 Å². The summed E-state index contributed by atoms with van der Waals surface area (Å²) in [4.78, 5) is 26.6. The highest BCUT2D eigenvalue weighted by Gasteiger charge is 2.22. The number of nitrogens with one attached hydrogen (secondary N) is 1. The Kier molecular flexibility index (Phi) is 6.32. The summed E-state index contributed by atoms with van der Waals surface area (Å²) < 4.78 is 5.26. The molecule has 1 aliphatic heterocycles. The van der Waals surface area contributed by atoms with Gasteiger partial charge in [0.2, 0.25) is 11.8 Å². The van der Waals surface area contributed by atoms with Gasteiger partial charge in [-0.15, -0.1) is 0 Å². The molecule has 31 heavy (non-hydrogen) atoms. The Morgan fingerprint density at radius 2 is 1.65 bits per heavy atom. The van der Waals surface area contributed by atoms with Gasteiger partial charge >= 0.3 is 0 Å². The Morgan fingerprint density at radius 3 is 2.26 bits per heavy atom. The molecule has 1 saturated heterocycles. The number of rotatable bonds is 7. The smallest absolute Gasteiger partial charge is 0.227 e. The largest absolute Gasteiger partial charge is 0.497 e. The molecular weight excluding hydrogens is 388 g/mol. The highest BCUT2D eigenvalue weighted by molar-refractivity contribution is 5.95. The van der Waals surface area contributed by atoms with E-state index >= 15 is 0 Å². The monoisotopic (exact) mass is 414 g/mol. The van der Waals surface area contributed by atoms with E-state index in [4.69, 9.17) is 4.74 Å². The Balaban J connectivity index is 1.47. The van der Waals surface area contributed by atoms with E-state index < -0.39 is 0 Å². The maximum absolute atomic E-state index is 12.9. The predicted molar refractivity (Wildman–Crippen MR) is 121 cm³/mol. The zero-order valence-electron chi connectivity index (χ0n) is 17.6. The van der Waals surface area contributed by atoms with Crippen molar-refractivity contribution in [2.24, 2.45) is 0 Å². The van der Waals surface area contributed by atoms with Gasteiger partial charge in [0, 0.05) is 18.7 Å². The van der Waals surface area contributed by atoms with Crippen LogP contribution < -0.4 is 15.0 Å². The Hall–Kier alpha value is -3.60. The van der Waals surface area contributed by atoms with Crippen molar-refractivity contribution in [2.45, 2.75) is 25.3 Å². The van der Waals surface area contributed by atoms with Gasteiger partial charge < -0.3 is 15.0 Å². The van der Waals surface area contributed by atoms with Crippen molar-refractivity contribution < 1.29 is 14.3 Å². The number of nitrogens with zero attached hydrogens (tertiary/aromatic N) is 1. The molecule has 158 valence electrons. The Labute approximate surface area is 182 Å². The fourth-order valence-corrected chi connectivity index (χ4v) is 3.91. The topological polar surface area (TPSA) is 58.6 Å². The second kappa shape index (κ2) is 9.47. The number of benzene rings is 3. The van der Waals surface area contributed by atoms with E-state index in [1.165, 1.54) is 0 Å². The number of carbonyl (C=O) groups excluding carboxylic acids is 2. The van der Waals surface area contributed by atoms with Crippen molar-refractivity contribution in [1.82, 2.24) is 5.32 Å². The van der Waals surface area contributed by atoms with Crippen LogP contribution in [0.1, 0.15) is 35.6 Å². The quantitative estimate of drug-likeness (QED) is 0.628. The van der Waals surface area contributed by atoms with Crippen molar-refractivity contribution in [3.63, 3.8) is 0 Å². The Morgan fingerprint density at radius 1 is 0.968 bits per heavy atom. The van der Waals surface area contributed by atoms with Gasteiger partial charge in [-0.25, -0.2) is 0 Å². The number of ether oxygens (including phenoxy) is 1. The van der Waals surface area contributed by atoms with Gasteiger partial charge in [-0.3, -0.25) is 9.59 Å². The third kappa shape index (κ3) is 4.94. The van der Waals surface area contributed by atoms with Crippen LogP contribution in [0.3, 0.4) is 0 Å². The minimum absolute atomic E-state index is 0.0605. The number of anilines is 1. The minimum Gasteiger partial charge on any atom is -0.497 e. The molecule has 1 unspecified atom stereocenters. The predicted octanol–water partition coefficient (Wildman–Crippen LogP) is 4.27. The van der Waals surface area contributed by atoms with Gasteiger partial charge in [0.05, 0.1) is 19.6 Å². The van der Waals surface area contributed by atoms with Crippen LogP contribution >= 0.6 is 0 Å².